The van der Waals surface area contributed by atoms with Gasteiger partial charge in [-0.2, -0.15) is 4.98 Å². The molecule has 1 N–H and O–H groups in total. The Bertz CT molecular complexity index is 1100. The molecule has 1 atom stereocenters. The van der Waals surface area contributed by atoms with Crippen molar-refractivity contribution in [2.75, 3.05) is 13.2 Å². The minimum Gasteiger partial charge on any atom is -0.494 e. The first kappa shape index (κ1) is 21.8. The highest BCUT2D eigenvalue weighted by Gasteiger charge is 2.34. The molecule has 3 aromatic rings. The molecule has 1 aliphatic rings. The average molecular weight is 455 g/mol. The average Bonchev–Trinajstić information content (AvgIpc) is 3.48. The lowest BCUT2D eigenvalue weighted by Crippen LogP contribution is -2.45. The molecular weight excluding hydrogens is 432 g/mol. The van der Waals surface area contributed by atoms with Gasteiger partial charge in [0.05, 0.1) is 13.2 Å². The fourth-order valence-electron chi connectivity index (χ4n) is 3.66. The van der Waals surface area contributed by atoms with E-state index in [9.17, 15) is 9.59 Å². The summed E-state index contributed by atoms with van der Waals surface area (Å²) in [6.07, 6.45) is 1.36. The van der Waals surface area contributed by atoms with Gasteiger partial charge in [0.15, 0.2) is 0 Å². The number of nitrogens with one attached hydrogen (secondary N) is 1. The molecule has 2 heterocycles. The van der Waals surface area contributed by atoms with Crippen molar-refractivity contribution in [1.29, 1.82) is 0 Å². The van der Waals surface area contributed by atoms with E-state index < -0.39 is 6.04 Å². The summed E-state index contributed by atoms with van der Waals surface area (Å²) in [5.41, 5.74) is 1.26. The number of likely N-dealkylation sites (tertiary alicyclic amines) is 1. The summed E-state index contributed by atoms with van der Waals surface area (Å²) in [4.78, 5) is 31.7. The molecule has 1 saturated heterocycles. The zero-order chi connectivity index (χ0) is 22.5. The van der Waals surface area contributed by atoms with Gasteiger partial charge in [0.25, 0.3) is 5.91 Å². The quantitative estimate of drug-likeness (QED) is 0.584. The van der Waals surface area contributed by atoms with E-state index in [4.69, 9.17) is 20.9 Å². The summed E-state index contributed by atoms with van der Waals surface area (Å²) in [7, 11) is 0. The molecule has 0 aliphatic carbocycles. The SMILES string of the molecule is CCOc1cccc(C(=O)N2CCCC2C(=O)NCc2nc(-c3ccc(Cl)cc3)no2)c1. The minimum atomic E-state index is -0.545. The number of ether oxygens (including phenoxy) is 1. The molecule has 166 valence electrons. The topological polar surface area (TPSA) is 97.6 Å². The molecule has 0 radical (unpaired) electrons. The van der Waals surface area contributed by atoms with E-state index in [1.807, 2.05) is 6.92 Å². The van der Waals surface area contributed by atoms with Crippen molar-refractivity contribution in [1.82, 2.24) is 20.4 Å². The van der Waals surface area contributed by atoms with E-state index in [0.29, 0.717) is 41.7 Å². The van der Waals surface area contributed by atoms with Crippen molar-refractivity contribution in [2.45, 2.75) is 32.4 Å². The summed E-state index contributed by atoms with van der Waals surface area (Å²) in [5, 5.41) is 7.36. The zero-order valence-electron chi connectivity index (χ0n) is 17.6. The molecule has 1 unspecified atom stereocenters. The largest absolute Gasteiger partial charge is 0.494 e. The molecule has 0 bridgehead atoms. The third kappa shape index (κ3) is 4.91. The van der Waals surface area contributed by atoms with E-state index >= 15 is 0 Å². The lowest BCUT2D eigenvalue weighted by atomic mass is 10.1. The van der Waals surface area contributed by atoms with Crippen LogP contribution in [0.15, 0.2) is 53.1 Å². The van der Waals surface area contributed by atoms with Crippen LogP contribution in [-0.4, -0.2) is 46.0 Å². The molecule has 2 amide bonds. The first-order valence-corrected chi connectivity index (χ1v) is 10.8. The molecule has 4 rings (SSSR count). The molecule has 8 nitrogen and oxygen atoms in total. The van der Waals surface area contributed by atoms with Crippen LogP contribution < -0.4 is 10.1 Å². The Balaban J connectivity index is 1.38. The highest BCUT2D eigenvalue weighted by molar-refractivity contribution is 6.30. The van der Waals surface area contributed by atoms with Gasteiger partial charge in [-0.25, -0.2) is 0 Å². The second-order valence-corrected chi connectivity index (χ2v) is 7.79. The predicted octanol–water partition coefficient (Wildman–Crippen LogP) is 3.71. The number of nitrogens with zero attached hydrogens (tertiary/aromatic N) is 3. The van der Waals surface area contributed by atoms with E-state index in [1.165, 1.54) is 0 Å². The number of hydrogen-bond acceptors (Lipinski definition) is 6. The Morgan fingerprint density at radius 1 is 1.25 bits per heavy atom. The molecule has 0 spiro atoms. The Hall–Kier alpha value is -3.39. The highest BCUT2D eigenvalue weighted by Crippen LogP contribution is 2.23. The minimum absolute atomic E-state index is 0.0811. The molecule has 1 aliphatic heterocycles. The maximum Gasteiger partial charge on any atom is 0.254 e. The highest BCUT2D eigenvalue weighted by atomic mass is 35.5. The number of carbonyl (C=O) groups excluding carboxylic acids is 2. The van der Waals surface area contributed by atoms with Crippen LogP contribution in [0.5, 0.6) is 5.75 Å². The van der Waals surface area contributed by atoms with E-state index in [2.05, 4.69) is 15.5 Å². The Kier molecular flexibility index (Phi) is 6.70. The van der Waals surface area contributed by atoms with E-state index in [0.717, 1.165) is 12.0 Å². The van der Waals surface area contributed by atoms with Gasteiger partial charge in [0.2, 0.25) is 17.6 Å². The summed E-state index contributed by atoms with van der Waals surface area (Å²) >= 11 is 5.90. The van der Waals surface area contributed by atoms with Gasteiger partial charge < -0.3 is 19.5 Å². The van der Waals surface area contributed by atoms with Crippen molar-refractivity contribution >= 4 is 23.4 Å². The maximum atomic E-state index is 13.0. The van der Waals surface area contributed by atoms with Gasteiger partial charge in [0, 0.05) is 22.7 Å². The molecule has 1 aromatic heterocycles. The molecule has 32 heavy (non-hydrogen) atoms. The van der Waals surface area contributed by atoms with Crippen LogP contribution in [0.25, 0.3) is 11.4 Å². The van der Waals surface area contributed by atoms with Crippen LogP contribution in [0.3, 0.4) is 0 Å². The second-order valence-electron chi connectivity index (χ2n) is 7.35. The number of carbonyl (C=O) groups is 2. The second kappa shape index (κ2) is 9.82. The van der Waals surface area contributed by atoms with Gasteiger partial charge in [-0.05, 0) is 62.2 Å². The zero-order valence-corrected chi connectivity index (χ0v) is 18.3. The molecule has 9 heteroatoms. The smallest absolute Gasteiger partial charge is 0.254 e. The van der Waals surface area contributed by atoms with Gasteiger partial charge in [-0.15, -0.1) is 0 Å². The van der Waals surface area contributed by atoms with Crippen LogP contribution in [0.1, 0.15) is 36.0 Å². The van der Waals surface area contributed by atoms with Crippen molar-refractivity contribution in [3.63, 3.8) is 0 Å². The Morgan fingerprint density at radius 2 is 2.06 bits per heavy atom. The van der Waals surface area contributed by atoms with Gasteiger partial charge in [0.1, 0.15) is 11.8 Å². The van der Waals surface area contributed by atoms with Gasteiger partial charge in [-0.3, -0.25) is 9.59 Å². The molecular formula is C23H23ClN4O4. The number of halogens is 1. The van der Waals surface area contributed by atoms with Crippen LogP contribution in [-0.2, 0) is 11.3 Å². The molecule has 0 saturated carbocycles. The van der Waals surface area contributed by atoms with Crippen molar-refractivity contribution < 1.29 is 18.8 Å². The third-order valence-electron chi connectivity index (χ3n) is 5.19. The lowest BCUT2D eigenvalue weighted by molar-refractivity contribution is -0.125. The lowest BCUT2D eigenvalue weighted by Gasteiger charge is -2.24. The van der Waals surface area contributed by atoms with Gasteiger partial charge >= 0.3 is 0 Å². The third-order valence-corrected chi connectivity index (χ3v) is 5.44. The van der Waals surface area contributed by atoms with Crippen LogP contribution in [0, 0.1) is 0 Å². The van der Waals surface area contributed by atoms with E-state index in [1.54, 1.807) is 53.4 Å². The number of benzene rings is 2. The maximum absolute atomic E-state index is 13.0. The van der Waals surface area contributed by atoms with E-state index in [-0.39, 0.29) is 24.2 Å². The molecule has 2 aromatic carbocycles. The first-order chi connectivity index (χ1) is 15.5. The summed E-state index contributed by atoms with van der Waals surface area (Å²) < 4.78 is 10.7. The number of amides is 2. The Labute approximate surface area is 190 Å². The number of aromatic nitrogens is 2. The van der Waals surface area contributed by atoms with Gasteiger partial charge in [-0.1, -0.05) is 22.8 Å². The van der Waals surface area contributed by atoms with Crippen molar-refractivity contribution in [3.05, 3.63) is 65.0 Å². The van der Waals surface area contributed by atoms with Crippen molar-refractivity contribution in [3.8, 4) is 17.1 Å². The number of hydrogen-bond donors (Lipinski definition) is 1. The fraction of sp³-hybridized carbons (Fsp3) is 0.304. The normalized spacial score (nSPS) is 15.6. The van der Waals surface area contributed by atoms with Crippen LogP contribution in [0.4, 0.5) is 0 Å². The number of rotatable bonds is 7. The summed E-state index contributed by atoms with van der Waals surface area (Å²) in [6, 6.07) is 13.5. The molecule has 1 fully saturated rings. The summed E-state index contributed by atoms with van der Waals surface area (Å²) in [6.45, 7) is 3.01. The van der Waals surface area contributed by atoms with Crippen LogP contribution >= 0.6 is 11.6 Å². The first-order valence-electron chi connectivity index (χ1n) is 10.4. The Morgan fingerprint density at radius 3 is 2.84 bits per heavy atom. The fourth-order valence-corrected chi connectivity index (χ4v) is 3.78. The van der Waals surface area contributed by atoms with Crippen LogP contribution in [0.2, 0.25) is 5.02 Å². The standard InChI is InChI=1S/C23H23ClN4O4/c1-2-31-18-6-3-5-16(13-18)23(30)28-12-4-7-19(28)22(29)25-14-20-26-21(27-32-20)15-8-10-17(24)11-9-15/h3,5-6,8-11,13,19H,2,4,7,12,14H2,1H3,(H,25,29). The van der Waals surface area contributed by atoms with Crippen molar-refractivity contribution in [2.24, 2.45) is 0 Å². The summed E-state index contributed by atoms with van der Waals surface area (Å²) in [5.74, 6) is 0.892. The predicted molar refractivity (Wildman–Crippen MR) is 118 cm³/mol. The monoisotopic (exact) mass is 454 g/mol.